The molecule has 0 amide bonds. The van der Waals surface area contributed by atoms with Crippen molar-refractivity contribution in [1.82, 2.24) is 5.32 Å². The maximum Gasteiger partial charge on any atom is 0.195 e. The summed E-state index contributed by atoms with van der Waals surface area (Å²) in [5, 5.41) is 6.41. The first-order chi connectivity index (χ1) is 14.5. The number of ether oxygens (including phenoxy) is 2. The molecule has 1 unspecified atom stereocenters. The predicted octanol–water partition coefficient (Wildman–Crippen LogP) is 3.34. The number of sulfone groups is 1. The maximum atomic E-state index is 12.7. The topological polar surface area (TPSA) is 89.0 Å². The Morgan fingerprint density at radius 1 is 1.10 bits per heavy atom. The fourth-order valence-electron chi connectivity index (χ4n) is 2.79. The lowest BCUT2D eigenvalue weighted by Crippen LogP contribution is -2.42. The molecule has 2 N–H and O–H groups in total. The minimum atomic E-state index is -3.40. The highest BCUT2D eigenvalue weighted by atomic mass is 32.2. The number of anilines is 1. The van der Waals surface area contributed by atoms with Crippen molar-refractivity contribution >= 4 is 21.5 Å². The van der Waals surface area contributed by atoms with E-state index < -0.39 is 9.84 Å². The molecule has 2 aromatic carbocycles. The first-order valence-electron chi connectivity index (χ1n) is 9.98. The van der Waals surface area contributed by atoms with Crippen LogP contribution in [-0.4, -0.2) is 53.5 Å². The fourth-order valence-corrected chi connectivity index (χ4v) is 4.41. The van der Waals surface area contributed by atoms with Crippen LogP contribution in [0.3, 0.4) is 0 Å². The third-order valence-electron chi connectivity index (χ3n) is 4.44. The van der Waals surface area contributed by atoms with Crippen molar-refractivity contribution in [3.05, 3.63) is 54.6 Å². The second-order valence-electron chi connectivity index (χ2n) is 6.76. The van der Waals surface area contributed by atoms with Crippen LogP contribution in [0.4, 0.5) is 5.69 Å². The van der Waals surface area contributed by atoms with Gasteiger partial charge in [-0.3, -0.25) is 4.99 Å². The Labute approximate surface area is 179 Å². The monoisotopic (exact) mass is 433 g/mol. The number of hydrogen-bond acceptors (Lipinski definition) is 5. The standard InChI is InChI=1S/C22H31N3O4S/c1-4-18(17-30(26,27)21-12-6-5-7-13-21)24-22(23-2)25-19-10-8-11-20(16-19)29-15-9-14-28-3/h5-8,10-13,16,18H,4,9,14-15,17H2,1-3H3,(H2,23,24,25). The first kappa shape index (κ1) is 23.7. The van der Waals surface area contributed by atoms with Crippen LogP contribution in [0.1, 0.15) is 19.8 Å². The summed E-state index contributed by atoms with van der Waals surface area (Å²) in [7, 11) is -0.0795. The quantitative estimate of drug-likeness (QED) is 0.321. The summed E-state index contributed by atoms with van der Waals surface area (Å²) in [6, 6.07) is 15.8. The third kappa shape index (κ3) is 7.68. The van der Waals surface area contributed by atoms with Crippen LogP contribution in [0.2, 0.25) is 0 Å². The summed E-state index contributed by atoms with van der Waals surface area (Å²) in [6.45, 7) is 3.16. The molecule has 0 aliphatic rings. The van der Waals surface area contributed by atoms with Crippen molar-refractivity contribution in [2.75, 3.05) is 38.4 Å². The minimum absolute atomic E-state index is 0.0170. The molecule has 0 saturated carbocycles. The van der Waals surface area contributed by atoms with Crippen molar-refractivity contribution in [3.63, 3.8) is 0 Å². The molecule has 0 bridgehead atoms. The molecule has 2 rings (SSSR count). The van der Waals surface area contributed by atoms with E-state index in [4.69, 9.17) is 9.47 Å². The zero-order chi connectivity index (χ0) is 21.8. The van der Waals surface area contributed by atoms with Gasteiger partial charge in [-0.2, -0.15) is 0 Å². The molecule has 0 aliphatic heterocycles. The van der Waals surface area contributed by atoms with Gasteiger partial charge in [-0.15, -0.1) is 0 Å². The van der Waals surface area contributed by atoms with Gasteiger partial charge >= 0.3 is 0 Å². The van der Waals surface area contributed by atoms with E-state index in [1.165, 1.54) is 0 Å². The normalized spacial score (nSPS) is 13.0. The smallest absolute Gasteiger partial charge is 0.195 e. The molecule has 1 atom stereocenters. The van der Waals surface area contributed by atoms with Crippen molar-refractivity contribution in [3.8, 4) is 5.75 Å². The summed E-state index contributed by atoms with van der Waals surface area (Å²) in [5.41, 5.74) is 0.799. The van der Waals surface area contributed by atoms with Gasteiger partial charge in [-0.05, 0) is 30.7 Å². The molecule has 0 saturated heterocycles. The Morgan fingerprint density at radius 3 is 2.53 bits per heavy atom. The van der Waals surface area contributed by atoms with Gasteiger partial charge in [0.25, 0.3) is 0 Å². The number of guanidine groups is 1. The lowest BCUT2D eigenvalue weighted by Gasteiger charge is -2.20. The van der Waals surface area contributed by atoms with Crippen molar-refractivity contribution in [1.29, 1.82) is 0 Å². The summed E-state index contributed by atoms with van der Waals surface area (Å²) in [6.07, 6.45) is 1.45. The van der Waals surface area contributed by atoms with Gasteiger partial charge in [-0.1, -0.05) is 31.2 Å². The number of rotatable bonds is 11. The van der Waals surface area contributed by atoms with Gasteiger partial charge in [0, 0.05) is 45.0 Å². The van der Waals surface area contributed by atoms with Crippen LogP contribution in [0, 0.1) is 0 Å². The van der Waals surface area contributed by atoms with E-state index in [-0.39, 0.29) is 11.8 Å². The second kappa shape index (κ2) is 12.2. The summed E-state index contributed by atoms with van der Waals surface area (Å²) >= 11 is 0. The zero-order valence-electron chi connectivity index (χ0n) is 17.8. The number of hydrogen-bond donors (Lipinski definition) is 2. The average molecular weight is 434 g/mol. The highest BCUT2D eigenvalue weighted by molar-refractivity contribution is 7.91. The molecule has 2 aromatic rings. The Hall–Kier alpha value is -2.58. The van der Waals surface area contributed by atoms with Gasteiger partial charge < -0.3 is 20.1 Å². The van der Waals surface area contributed by atoms with Gasteiger partial charge in [0.1, 0.15) is 5.75 Å². The minimum Gasteiger partial charge on any atom is -0.493 e. The highest BCUT2D eigenvalue weighted by Gasteiger charge is 2.21. The molecule has 8 heteroatoms. The molecule has 0 aliphatic carbocycles. The maximum absolute atomic E-state index is 12.7. The molecule has 0 heterocycles. The molecule has 7 nitrogen and oxygen atoms in total. The predicted molar refractivity (Wildman–Crippen MR) is 121 cm³/mol. The highest BCUT2D eigenvalue weighted by Crippen LogP contribution is 2.18. The Morgan fingerprint density at radius 2 is 1.87 bits per heavy atom. The molecular formula is C22H31N3O4S. The van der Waals surface area contributed by atoms with Gasteiger partial charge in [-0.25, -0.2) is 8.42 Å². The zero-order valence-corrected chi connectivity index (χ0v) is 18.6. The Bertz CT molecular complexity index is 902. The van der Waals surface area contributed by atoms with Crippen LogP contribution in [0.15, 0.2) is 64.5 Å². The molecule has 0 spiro atoms. The fraction of sp³-hybridized carbons (Fsp3) is 0.409. The Kier molecular flexibility index (Phi) is 9.63. The number of methoxy groups -OCH3 is 1. The van der Waals surface area contributed by atoms with Crippen molar-refractivity contribution in [2.24, 2.45) is 4.99 Å². The van der Waals surface area contributed by atoms with Crippen molar-refractivity contribution in [2.45, 2.75) is 30.7 Å². The largest absolute Gasteiger partial charge is 0.493 e. The van der Waals surface area contributed by atoms with E-state index in [0.29, 0.717) is 30.5 Å². The third-order valence-corrected chi connectivity index (χ3v) is 6.27. The van der Waals surface area contributed by atoms with Crippen LogP contribution in [-0.2, 0) is 14.6 Å². The van der Waals surface area contributed by atoms with Crippen molar-refractivity contribution < 1.29 is 17.9 Å². The number of nitrogens with one attached hydrogen (secondary N) is 2. The van der Waals surface area contributed by atoms with E-state index in [0.717, 1.165) is 17.9 Å². The van der Waals surface area contributed by atoms with E-state index in [1.807, 2.05) is 31.2 Å². The van der Waals surface area contributed by atoms with Gasteiger partial charge in [0.15, 0.2) is 15.8 Å². The summed E-state index contributed by atoms with van der Waals surface area (Å²) in [4.78, 5) is 4.56. The van der Waals surface area contributed by atoms with Crippen LogP contribution < -0.4 is 15.4 Å². The molecular weight excluding hydrogens is 402 g/mol. The molecule has 164 valence electrons. The molecule has 0 radical (unpaired) electrons. The molecule has 30 heavy (non-hydrogen) atoms. The van der Waals surface area contributed by atoms with E-state index in [9.17, 15) is 8.42 Å². The lowest BCUT2D eigenvalue weighted by molar-refractivity contribution is 0.172. The number of nitrogens with zero attached hydrogens (tertiary/aromatic N) is 1. The van der Waals surface area contributed by atoms with Gasteiger partial charge in [0.2, 0.25) is 0 Å². The van der Waals surface area contributed by atoms with Crippen LogP contribution >= 0.6 is 0 Å². The number of benzene rings is 2. The molecule has 0 aromatic heterocycles. The number of aliphatic imine (C=N–C) groups is 1. The van der Waals surface area contributed by atoms with Gasteiger partial charge in [0.05, 0.1) is 17.3 Å². The first-order valence-corrected chi connectivity index (χ1v) is 11.6. The van der Waals surface area contributed by atoms with E-state index >= 15 is 0 Å². The summed E-state index contributed by atoms with van der Waals surface area (Å²) < 4.78 is 36.1. The van der Waals surface area contributed by atoms with Crippen LogP contribution in [0.5, 0.6) is 5.75 Å². The molecule has 0 fully saturated rings. The Balaban J connectivity index is 1.99. The average Bonchev–Trinajstić information content (AvgIpc) is 2.76. The van der Waals surface area contributed by atoms with Crippen LogP contribution in [0.25, 0.3) is 0 Å². The SMILES string of the molecule is CCC(CS(=O)(=O)c1ccccc1)NC(=NC)Nc1cccc(OCCCOC)c1. The lowest BCUT2D eigenvalue weighted by atomic mass is 10.2. The second-order valence-corrected chi connectivity index (χ2v) is 8.80. The summed E-state index contributed by atoms with van der Waals surface area (Å²) in [5.74, 6) is 1.23. The van der Waals surface area contributed by atoms with E-state index in [1.54, 1.807) is 44.5 Å². The van der Waals surface area contributed by atoms with E-state index in [2.05, 4.69) is 15.6 Å².